The van der Waals surface area contributed by atoms with E-state index in [1.54, 1.807) is 19.2 Å². The zero-order valence-electron chi connectivity index (χ0n) is 17.5. The SMILES string of the molecule is COc1cccc(C(=O)N2C[C@H](C(=O)N3CCOCC3)[C@H](c3ccccc3C)C2)c1. The number of carbonyl (C=O) groups excluding carboxylic acids is 2. The minimum Gasteiger partial charge on any atom is -0.497 e. The fraction of sp³-hybridized carbons (Fsp3) is 0.417. The lowest BCUT2D eigenvalue weighted by atomic mass is 9.85. The molecule has 30 heavy (non-hydrogen) atoms. The van der Waals surface area contributed by atoms with E-state index < -0.39 is 0 Å². The maximum Gasteiger partial charge on any atom is 0.254 e. The van der Waals surface area contributed by atoms with Gasteiger partial charge in [-0.2, -0.15) is 0 Å². The van der Waals surface area contributed by atoms with Crippen molar-refractivity contribution >= 4 is 11.8 Å². The molecule has 0 saturated carbocycles. The van der Waals surface area contributed by atoms with Crippen LogP contribution in [0.3, 0.4) is 0 Å². The van der Waals surface area contributed by atoms with Crippen molar-refractivity contribution in [2.24, 2.45) is 5.92 Å². The van der Waals surface area contributed by atoms with E-state index in [4.69, 9.17) is 9.47 Å². The van der Waals surface area contributed by atoms with Gasteiger partial charge in [-0.3, -0.25) is 9.59 Å². The lowest BCUT2D eigenvalue weighted by molar-refractivity contribution is -0.139. The Morgan fingerprint density at radius 3 is 2.50 bits per heavy atom. The molecule has 0 aromatic heterocycles. The van der Waals surface area contributed by atoms with Crippen LogP contribution < -0.4 is 4.74 Å². The number of hydrogen-bond acceptors (Lipinski definition) is 4. The first-order valence-corrected chi connectivity index (χ1v) is 10.4. The van der Waals surface area contributed by atoms with Crippen molar-refractivity contribution in [1.29, 1.82) is 0 Å². The van der Waals surface area contributed by atoms with Crippen LogP contribution in [0.15, 0.2) is 48.5 Å². The van der Waals surface area contributed by atoms with Crippen LogP contribution in [0.1, 0.15) is 27.4 Å². The van der Waals surface area contributed by atoms with Gasteiger partial charge in [-0.1, -0.05) is 30.3 Å². The maximum atomic E-state index is 13.4. The molecule has 2 fully saturated rings. The maximum absolute atomic E-state index is 13.4. The van der Waals surface area contributed by atoms with E-state index in [0.29, 0.717) is 50.7 Å². The predicted octanol–water partition coefficient (Wildman–Crippen LogP) is 2.72. The van der Waals surface area contributed by atoms with Crippen LogP contribution >= 0.6 is 0 Å². The molecule has 6 heteroatoms. The third kappa shape index (κ3) is 4.05. The summed E-state index contributed by atoms with van der Waals surface area (Å²) in [4.78, 5) is 30.4. The molecule has 2 heterocycles. The van der Waals surface area contributed by atoms with Crippen molar-refractivity contribution < 1.29 is 19.1 Å². The fourth-order valence-electron chi connectivity index (χ4n) is 4.49. The van der Waals surface area contributed by atoms with Crippen LogP contribution in [-0.2, 0) is 9.53 Å². The molecule has 158 valence electrons. The van der Waals surface area contributed by atoms with E-state index in [0.717, 1.165) is 11.1 Å². The van der Waals surface area contributed by atoms with Gasteiger partial charge >= 0.3 is 0 Å². The second-order valence-electron chi connectivity index (χ2n) is 7.95. The Bertz CT molecular complexity index is 923. The van der Waals surface area contributed by atoms with Crippen LogP contribution in [0.4, 0.5) is 0 Å². The highest BCUT2D eigenvalue weighted by molar-refractivity contribution is 5.95. The summed E-state index contributed by atoms with van der Waals surface area (Å²) in [5, 5.41) is 0. The minimum absolute atomic E-state index is 0.0175. The first-order valence-electron chi connectivity index (χ1n) is 10.4. The lowest BCUT2D eigenvalue weighted by Gasteiger charge is -2.31. The standard InChI is InChI=1S/C24H28N2O4/c1-17-6-3-4-9-20(17)21-15-26(23(27)18-7-5-8-19(14-18)29-2)16-22(21)24(28)25-10-12-30-13-11-25/h3-9,14,21-22H,10-13,15-16H2,1-2H3/t21-,22-/m0/s1. The average Bonchev–Trinajstić information content (AvgIpc) is 3.24. The highest BCUT2D eigenvalue weighted by Gasteiger charge is 2.42. The topological polar surface area (TPSA) is 59.1 Å². The van der Waals surface area contributed by atoms with Crippen molar-refractivity contribution in [3.63, 3.8) is 0 Å². The molecular weight excluding hydrogens is 380 g/mol. The molecule has 0 radical (unpaired) electrons. The van der Waals surface area contributed by atoms with Gasteiger partial charge in [-0.15, -0.1) is 0 Å². The number of aryl methyl sites for hydroxylation is 1. The molecule has 0 aliphatic carbocycles. The number of nitrogens with zero attached hydrogens (tertiary/aromatic N) is 2. The van der Waals surface area contributed by atoms with Crippen LogP contribution in [-0.4, -0.2) is 68.1 Å². The summed E-state index contributed by atoms with van der Waals surface area (Å²) in [6.45, 7) is 5.38. The third-order valence-electron chi connectivity index (χ3n) is 6.15. The first-order chi connectivity index (χ1) is 14.6. The summed E-state index contributed by atoms with van der Waals surface area (Å²) < 4.78 is 10.7. The molecular formula is C24H28N2O4. The molecule has 2 aromatic rings. The Labute approximate surface area is 177 Å². The quantitative estimate of drug-likeness (QED) is 0.781. The van der Waals surface area contributed by atoms with Crippen LogP contribution in [0.5, 0.6) is 5.75 Å². The van der Waals surface area contributed by atoms with Gasteiger partial charge < -0.3 is 19.3 Å². The van der Waals surface area contributed by atoms with Gasteiger partial charge in [-0.05, 0) is 36.2 Å². The van der Waals surface area contributed by atoms with Gasteiger partial charge in [0.05, 0.1) is 26.2 Å². The Morgan fingerprint density at radius 2 is 1.77 bits per heavy atom. The molecule has 2 aromatic carbocycles. The Kier molecular flexibility index (Phi) is 6.04. The first kappa shape index (κ1) is 20.4. The molecule has 0 bridgehead atoms. The van der Waals surface area contributed by atoms with Crippen molar-refractivity contribution in [2.45, 2.75) is 12.8 Å². The fourth-order valence-corrected chi connectivity index (χ4v) is 4.49. The highest BCUT2D eigenvalue weighted by atomic mass is 16.5. The zero-order valence-corrected chi connectivity index (χ0v) is 17.5. The Morgan fingerprint density at radius 1 is 1.00 bits per heavy atom. The number of rotatable bonds is 4. The molecule has 2 amide bonds. The van der Waals surface area contributed by atoms with Crippen molar-refractivity contribution in [1.82, 2.24) is 9.80 Å². The molecule has 2 atom stereocenters. The van der Waals surface area contributed by atoms with E-state index in [1.165, 1.54) is 0 Å². The number of morpholine rings is 1. The molecule has 0 unspecified atom stereocenters. The number of likely N-dealkylation sites (tertiary alicyclic amines) is 1. The Balaban J connectivity index is 1.62. The van der Waals surface area contributed by atoms with Crippen molar-refractivity contribution in [3.8, 4) is 5.75 Å². The van der Waals surface area contributed by atoms with E-state index in [-0.39, 0.29) is 23.7 Å². The summed E-state index contributed by atoms with van der Waals surface area (Å²) in [6.07, 6.45) is 0. The van der Waals surface area contributed by atoms with E-state index >= 15 is 0 Å². The summed E-state index contributed by atoms with van der Waals surface area (Å²) in [5.41, 5.74) is 2.88. The number of methoxy groups -OCH3 is 1. The van der Waals surface area contributed by atoms with Crippen molar-refractivity contribution in [2.75, 3.05) is 46.5 Å². The number of amides is 2. The molecule has 2 aliphatic rings. The van der Waals surface area contributed by atoms with Crippen molar-refractivity contribution in [3.05, 3.63) is 65.2 Å². The van der Waals surface area contributed by atoms with Crippen LogP contribution in [0.25, 0.3) is 0 Å². The van der Waals surface area contributed by atoms with Gasteiger partial charge in [-0.25, -0.2) is 0 Å². The third-order valence-corrected chi connectivity index (χ3v) is 6.15. The van der Waals surface area contributed by atoms with E-state index in [2.05, 4.69) is 19.1 Å². The predicted molar refractivity (Wildman–Crippen MR) is 114 cm³/mol. The summed E-state index contributed by atoms with van der Waals surface area (Å²) in [7, 11) is 1.59. The Hall–Kier alpha value is -2.86. The zero-order chi connectivity index (χ0) is 21.1. The molecule has 0 N–H and O–H groups in total. The van der Waals surface area contributed by atoms with Gasteiger partial charge in [0.25, 0.3) is 5.91 Å². The minimum atomic E-state index is -0.251. The summed E-state index contributed by atoms with van der Waals surface area (Å²) >= 11 is 0. The van der Waals surface area contributed by atoms with Gasteiger partial charge in [0, 0.05) is 37.7 Å². The van der Waals surface area contributed by atoms with Gasteiger partial charge in [0.2, 0.25) is 5.91 Å². The molecule has 6 nitrogen and oxygen atoms in total. The second-order valence-corrected chi connectivity index (χ2v) is 7.95. The number of carbonyl (C=O) groups is 2. The monoisotopic (exact) mass is 408 g/mol. The van der Waals surface area contributed by atoms with Gasteiger partial charge in [0.1, 0.15) is 5.75 Å². The second kappa shape index (κ2) is 8.88. The normalized spacial score (nSPS) is 21.5. The molecule has 2 aliphatic heterocycles. The molecule has 0 spiro atoms. The van der Waals surface area contributed by atoms with E-state index in [9.17, 15) is 9.59 Å². The summed E-state index contributed by atoms with van der Waals surface area (Å²) in [5.74, 6) is 0.434. The number of benzene rings is 2. The van der Waals surface area contributed by atoms with Gasteiger partial charge in [0.15, 0.2) is 0 Å². The average molecular weight is 408 g/mol. The van der Waals surface area contributed by atoms with E-state index in [1.807, 2.05) is 34.1 Å². The molecule has 4 rings (SSSR count). The van der Waals surface area contributed by atoms with Crippen LogP contribution in [0, 0.1) is 12.8 Å². The molecule has 2 saturated heterocycles. The summed E-state index contributed by atoms with van der Waals surface area (Å²) in [6, 6.07) is 15.3. The number of ether oxygens (including phenoxy) is 2. The lowest BCUT2D eigenvalue weighted by Crippen LogP contribution is -2.45. The highest BCUT2D eigenvalue weighted by Crippen LogP contribution is 2.36. The largest absolute Gasteiger partial charge is 0.497 e. The number of hydrogen-bond donors (Lipinski definition) is 0. The smallest absolute Gasteiger partial charge is 0.254 e. The van der Waals surface area contributed by atoms with Crippen LogP contribution in [0.2, 0.25) is 0 Å².